The van der Waals surface area contributed by atoms with Gasteiger partial charge in [0, 0.05) is 31.9 Å². The van der Waals surface area contributed by atoms with Gasteiger partial charge in [0.15, 0.2) is 0 Å². The number of likely N-dealkylation sites (tertiary alicyclic amines) is 1. The first-order valence-electron chi connectivity index (χ1n) is 14.9. The fourth-order valence-corrected chi connectivity index (χ4v) is 8.98. The van der Waals surface area contributed by atoms with Crippen LogP contribution in [-0.2, 0) is 14.8 Å². The molecular weight excluding hydrogens is 540 g/mol. The fourth-order valence-electron chi connectivity index (χ4n) is 6.98. The highest BCUT2D eigenvalue weighted by atomic mass is 32.2. The van der Waals surface area contributed by atoms with Crippen molar-refractivity contribution in [3.05, 3.63) is 11.8 Å². The molecule has 230 valence electrons. The maximum Gasteiger partial charge on any atom is 0.228 e. The molecule has 0 radical (unpaired) electrons. The van der Waals surface area contributed by atoms with Crippen LogP contribution in [0.1, 0.15) is 53.4 Å². The number of halogens is 2. The summed E-state index contributed by atoms with van der Waals surface area (Å²) in [6.07, 6.45) is 0.722. The van der Waals surface area contributed by atoms with Crippen LogP contribution in [0.15, 0.2) is 11.8 Å². The van der Waals surface area contributed by atoms with Crippen LogP contribution >= 0.6 is 0 Å². The Kier molecular flexibility index (Phi) is 10.1. The Bertz CT molecular complexity index is 1020. The summed E-state index contributed by atoms with van der Waals surface area (Å²) in [7, 11) is -3.32. The number of nitrogens with two attached hydrogens (primary N) is 2. The Hall–Kier alpha value is -1.38. The Morgan fingerprint density at radius 3 is 2.33 bits per heavy atom. The first kappa shape index (κ1) is 31.6. The molecule has 7 unspecified atom stereocenters. The van der Waals surface area contributed by atoms with Gasteiger partial charge >= 0.3 is 0 Å². The molecule has 0 aromatic heterocycles. The third-order valence-electron chi connectivity index (χ3n) is 9.30. The topological polar surface area (TPSA) is 137 Å². The molecular formula is C27H49F2N7O3S. The predicted octanol–water partition coefficient (Wildman–Crippen LogP) is 0.501. The van der Waals surface area contributed by atoms with Gasteiger partial charge < -0.3 is 27.0 Å². The van der Waals surface area contributed by atoms with Crippen molar-refractivity contribution in [1.29, 1.82) is 0 Å². The minimum Gasteiger partial charge on any atom is -0.362 e. The van der Waals surface area contributed by atoms with Crippen LogP contribution in [0.3, 0.4) is 0 Å². The molecule has 4 aliphatic heterocycles. The van der Waals surface area contributed by atoms with Gasteiger partial charge in [-0.1, -0.05) is 20.8 Å². The van der Waals surface area contributed by atoms with E-state index in [1.807, 2.05) is 36.6 Å². The highest BCUT2D eigenvalue weighted by Crippen LogP contribution is 2.36. The Morgan fingerprint density at radius 2 is 1.82 bits per heavy atom. The maximum absolute atomic E-state index is 15.4. The summed E-state index contributed by atoms with van der Waals surface area (Å²) < 4.78 is 57.7. The standard InChI is InChI=1S/C27H49F2N7O3S/c1-5-19(28)24(16(2)3)36-17(4)13-22(36)23(26(30)31)27(37)33-21-15-32-14-20(29)25(21)34-11-7-18(8-12-34)40(38,39)35-9-6-10-35/h13,16,18-26,32H,5-12,14-15,30-31H2,1-4H3,(H,33,37). The molecule has 3 saturated heterocycles. The van der Waals surface area contributed by atoms with E-state index in [4.69, 9.17) is 11.5 Å². The Labute approximate surface area is 238 Å². The van der Waals surface area contributed by atoms with Crippen molar-refractivity contribution in [2.75, 3.05) is 39.3 Å². The summed E-state index contributed by atoms with van der Waals surface area (Å²) in [6, 6.07) is -2.02. The number of carbonyl (C=O) groups excluding carboxylic acids is 1. The second kappa shape index (κ2) is 12.9. The van der Waals surface area contributed by atoms with Crippen molar-refractivity contribution in [2.24, 2.45) is 23.3 Å². The molecule has 40 heavy (non-hydrogen) atoms. The van der Waals surface area contributed by atoms with Crippen LogP contribution in [0.25, 0.3) is 0 Å². The molecule has 10 nitrogen and oxygen atoms in total. The zero-order valence-corrected chi connectivity index (χ0v) is 25.1. The van der Waals surface area contributed by atoms with Crippen LogP contribution in [0.4, 0.5) is 8.78 Å². The minimum absolute atomic E-state index is 0.00543. The lowest BCUT2D eigenvalue weighted by Gasteiger charge is -2.52. The molecule has 0 saturated carbocycles. The van der Waals surface area contributed by atoms with E-state index in [1.54, 1.807) is 11.2 Å². The maximum atomic E-state index is 15.4. The molecule has 0 aliphatic carbocycles. The highest BCUT2D eigenvalue weighted by molar-refractivity contribution is 7.89. The Balaban J connectivity index is 1.46. The third kappa shape index (κ3) is 6.19. The van der Waals surface area contributed by atoms with Crippen molar-refractivity contribution in [3.8, 4) is 0 Å². The molecule has 4 heterocycles. The number of piperidine rings is 2. The van der Waals surface area contributed by atoms with Crippen molar-refractivity contribution in [1.82, 2.24) is 24.7 Å². The minimum atomic E-state index is -3.32. The average molecular weight is 590 g/mol. The van der Waals surface area contributed by atoms with Crippen molar-refractivity contribution >= 4 is 15.9 Å². The van der Waals surface area contributed by atoms with E-state index in [0.717, 1.165) is 12.1 Å². The molecule has 7 atom stereocenters. The average Bonchev–Trinajstić information content (AvgIpc) is 2.85. The van der Waals surface area contributed by atoms with E-state index >= 15 is 8.78 Å². The fraction of sp³-hybridized carbons (Fsp3) is 0.889. The normalized spacial score (nSPS) is 31.4. The number of allylic oxidation sites excluding steroid dienone is 1. The third-order valence-corrected chi connectivity index (χ3v) is 11.7. The summed E-state index contributed by atoms with van der Waals surface area (Å²) in [4.78, 5) is 17.7. The lowest BCUT2D eigenvalue weighted by Crippen LogP contribution is -2.69. The number of carbonyl (C=O) groups is 1. The zero-order valence-electron chi connectivity index (χ0n) is 24.3. The lowest BCUT2D eigenvalue weighted by atomic mass is 9.83. The molecule has 4 aliphatic rings. The summed E-state index contributed by atoms with van der Waals surface area (Å²) in [5, 5.41) is 5.65. The van der Waals surface area contributed by atoms with Gasteiger partial charge in [0.1, 0.15) is 12.3 Å². The van der Waals surface area contributed by atoms with E-state index in [9.17, 15) is 13.2 Å². The van der Waals surface area contributed by atoms with Crippen molar-refractivity contribution in [3.63, 3.8) is 0 Å². The monoisotopic (exact) mass is 589 g/mol. The largest absolute Gasteiger partial charge is 0.362 e. The van der Waals surface area contributed by atoms with E-state index in [1.165, 1.54) is 0 Å². The van der Waals surface area contributed by atoms with Gasteiger partial charge in [-0.2, -0.15) is 0 Å². The van der Waals surface area contributed by atoms with Gasteiger partial charge in [-0.3, -0.25) is 9.69 Å². The SMILES string of the molecule is CCC(F)C(C(C)C)N1C(C)=CC1C(C(=O)NC1CNCC(F)C1N1CCC(S(=O)(=O)N2CCC2)CC1)C(N)N. The quantitative estimate of drug-likeness (QED) is 0.256. The van der Waals surface area contributed by atoms with Crippen LogP contribution in [0.2, 0.25) is 0 Å². The first-order valence-corrected chi connectivity index (χ1v) is 16.4. The number of hydrogen-bond acceptors (Lipinski definition) is 8. The van der Waals surface area contributed by atoms with Crippen LogP contribution in [0, 0.1) is 11.8 Å². The predicted molar refractivity (Wildman–Crippen MR) is 152 cm³/mol. The molecule has 0 aromatic rings. The molecule has 4 rings (SSSR count). The second-order valence-electron chi connectivity index (χ2n) is 12.3. The number of hydrogen-bond donors (Lipinski definition) is 4. The second-order valence-corrected chi connectivity index (χ2v) is 14.5. The summed E-state index contributed by atoms with van der Waals surface area (Å²) in [6.45, 7) is 10.2. The van der Waals surface area contributed by atoms with Crippen LogP contribution in [-0.4, -0.2) is 116 Å². The van der Waals surface area contributed by atoms with E-state index in [-0.39, 0.29) is 18.4 Å². The van der Waals surface area contributed by atoms with E-state index in [0.29, 0.717) is 52.0 Å². The highest BCUT2D eigenvalue weighted by Gasteiger charge is 2.48. The number of amides is 1. The molecule has 3 fully saturated rings. The Morgan fingerprint density at radius 1 is 1.18 bits per heavy atom. The van der Waals surface area contributed by atoms with E-state index < -0.39 is 63.9 Å². The number of rotatable bonds is 11. The lowest BCUT2D eigenvalue weighted by molar-refractivity contribution is -0.130. The van der Waals surface area contributed by atoms with Gasteiger partial charge in [0.25, 0.3) is 0 Å². The molecule has 0 bridgehead atoms. The first-order chi connectivity index (χ1) is 18.9. The number of sulfonamides is 1. The smallest absolute Gasteiger partial charge is 0.228 e. The van der Waals surface area contributed by atoms with Gasteiger partial charge in [-0.05, 0) is 57.7 Å². The van der Waals surface area contributed by atoms with Crippen molar-refractivity contribution < 1.29 is 22.0 Å². The van der Waals surface area contributed by atoms with Gasteiger partial charge in [-0.15, -0.1) is 0 Å². The van der Waals surface area contributed by atoms with Gasteiger partial charge in [-0.25, -0.2) is 21.5 Å². The van der Waals surface area contributed by atoms with Gasteiger partial charge in [0.05, 0.1) is 41.5 Å². The van der Waals surface area contributed by atoms with Crippen LogP contribution < -0.4 is 22.1 Å². The molecule has 0 spiro atoms. The molecule has 1 amide bonds. The van der Waals surface area contributed by atoms with Crippen LogP contribution in [0.5, 0.6) is 0 Å². The van der Waals surface area contributed by atoms with Crippen molar-refractivity contribution in [2.45, 2.75) is 101 Å². The molecule has 6 N–H and O–H groups in total. The zero-order chi connectivity index (χ0) is 29.4. The summed E-state index contributed by atoms with van der Waals surface area (Å²) >= 11 is 0. The number of alkyl halides is 2. The summed E-state index contributed by atoms with van der Waals surface area (Å²) in [5.41, 5.74) is 13.2. The summed E-state index contributed by atoms with van der Waals surface area (Å²) in [5.74, 6) is -1.22. The van der Waals surface area contributed by atoms with E-state index in [2.05, 4.69) is 10.6 Å². The molecule has 13 heteroatoms. The van der Waals surface area contributed by atoms with Gasteiger partial charge in [0.2, 0.25) is 15.9 Å². The number of nitrogens with zero attached hydrogens (tertiary/aromatic N) is 3. The number of nitrogens with one attached hydrogen (secondary N) is 2. The molecule has 0 aromatic carbocycles.